The van der Waals surface area contributed by atoms with Crippen molar-refractivity contribution < 1.29 is 18.3 Å². The fraction of sp³-hybridized carbons (Fsp3) is 0.400. The molecule has 4 rings (SSSR count). The first kappa shape index (κ1) is 17.6. The molecule has 1 fully saturated rings. The van der Waals surface area contributed by atoms with Gasteiger partial charge in [0.05, 0.1) is 12.3 Å². The van der Waals surface area contributed by atoms with Crippen molar-refractivity contribution in [2.75, 3.05) is 6.61 Å². The van der Waals surface area contributed by atoms with E-state index in [1.54, 1.807) is 31.3 Å². The van der Waals surface area contributed by atoms with Gasteiger partial charge in [-0.2, -0.15) is 0 Å². The van der Waals surface area contributed by atoms with Crippen molar-refractivity contribution >= 4 is 17.4 Å². The van der Waals surface area contributed by atoms with Gasteiger partial charge in [-0.15, -0.1) is 0 Å². The lowest BCUT2D eigenvalue weighted by molar-refractivity contribution is -0.133. The van der Waals surface area contributed by atoms with Crippen LogP contribution in [0.4, 0.5) is 8.78 Å². The Morgan fingerprint density at radius 1 is 1.38 bits per heavy atom. The Kier molecular flexibility index (Phi) is 4.12. The number of carbonyl (C=O) groups is 1. The summed E-state index contributed by atoms with van der Waals surface area (Å²) in [6.45, 7) is 2.31. The maximum Gasteiger partial charge on any atom is 0.195 e. The average Bonchev–Trinajstić information content (AvgIpc) is 3.39. The van der Waals surface area contributed by atoms with Crippen molar-refractivity contribution in [3.05, 3.63) is 64.2 Å². The van der Waals surface area contributed by atoms with E-state index in [4.69, 9.17) is 16.3 Å². The van der Waals surface area contributed by atoms with Crippen LogP contribution in [0.2, 0.25) is 5.02 Å². The second-order valence-corrected chi connectivity index (χ2v) is 7.59. The van der Waals surface area contributed by atoms with Crippen molar-refractivity contribution in [1.82, 2.24) is 4.98 Å². The number of ether oxygens (including phenoxy) is 1. The van der Waals surface area contributed by atoms with Gasteiger partial charge in [0.25, 0.3) is 0 Å². The van der Waals surface area contributed by atoms with E-state index < -0.39 is 22.9 Å². The molecular weight excluding hydrogens is 360 g/mol. The number of alkyl halides is 1. The summed E-state index contributed by atoms with van der Waals surface area (Å²) in [4.78, 5) is 17.2. The van der Waals surface area contributed by atoms with E-state index in [-0.39, 0.29) is 23.8 Å². The predicted molar refractivity (Wildman–Crippen MR) is 93.3 cm³/mol. The summed E-state index contributed by atoms with van der Waals surface area (Å²) in [5.41, 5.74) is -1.12. The van der Waals surface area contributed by atoms with Crippen LogP contribution in [0.15, 0.2) is 36.5 Å². The minimum atomic E-state index is -2.08. The smallest absolute Gasteiger partial charge is 0.195 e. The van der Waals surface area contributed by atoms with Gasteiger partial charge in [-0.25, -0.2) is 8.78 Å². The highest BCUT2D eigenvalue weighted by Crippen LogP contribution is 2.53. The summed E-state index contributed by atoms with van der Waals surface area (Å²) in [6, 6.07) is 7.31. The Morgan fingerprint density at radius 2 is 2.15 bits per heavy atom. The molecule has 6 heteroatoms. The van der Waals surface area contributed by atoms with E-state index in [2.05, 4.69) is 4.98 Å². The van der Waals surface area contributed by atoms with E-state index in [1.807, 2.05) is 0 Å². The SMILES string of the molecule is C[C@@H](CC(=O)[C@]1(F)CC[C@@]2(CO2)c2ncccc21)c1ccc(F)cc1Cl. The van der Waals surface area contributed by atoms with Crippen LogP contribution in [0.25, 0.3) is 0 Å². The highest BCUT2D eigenvalue weighted by Gasteiger charge is 2.58. The molecule has 0 bridgehead atoms. The number of halogens is 3. The Morgan fingerprint density at radius 3 is 2.85 bits per heavy atom. The zero-order valence-electron chi connectivity index (χ0n) is 14.3. The van der Waals surface area contributed by atoms with Crippen LogP contribution < -0.4 is 0 Å². The molecule has 1 saturated heterocycles. The van der Waals surface area contributed by atoms with Crippen LogP contribution in [-0.4, -0.2) is 17.4 Å². The third-order valence-corrected chi connectivity index (χ3v) is 5.79. The van der Waals surface area contributed by atoms with E-state index >= 15 is 4.39 Å². The summed E-state index contributed by atoms with van der Waals surface area (Å²) < 4.78 is 34.6. The molecule has 1 aromatic carbocycles. The predicted octanol–water partition coefficient (Wildman–Crippen LogP) is 4.82. The van der Waals surface area contributed by atoms with Gasteiger partial charge < -0.3 is 4.74 Å². The van der Waals surface area contributed by atoms with Crippen molar-refractivity contribution in [2.24, 2.45) is 0 Å². The molecule has 2 heterocycles. The molecule has 2 aliphatic rings. The quantitative estimate of drug-likeness (QED) is 0.717. The number of epoxide rings is 1. The monoisotopic (exact) mass is 377 g/mol. The Balaban J connectivity index is 1.62. The maximum atomic E-state index is 15.8. The lowest BCUT2D eigenvalue weighted by atomic mass is 9.73. The molecule has 26 heavy (non-hydrogen) atoms. The number of hydrogen-bond acceptors (Lipinski definition) is 3. The van der Waals surface area contributed by atoms with Gasteiger partial charge in [0.2, 0.25) is 0 Å². The summed E-state index contributed by atoms with van der Waals surface area (Å²) in [7, 11) is 0. The van der Waals surface area contributed by atoms with Gasteiger partial charge in [0, 0.05) is 23.2 Å². The fourth-order valence-corrected chi connectivity index (χ4v) is 4.18. The molecule has 1 spiro atoms. The van der Waals surface area contributed by atoms with Crippen LogP contribution in [0, 0.1) is 5.82 Å². The maximum absolute atomic E-state index is 15.8. The van der Waals surface area contributed by atoms with Crippen LogP contribution in [0.1, 0.15) is 48.9 Å². The van der Waals surface area contributed by atoms with Crippen LogP contribution in [-0.2, 0) is 20.8 Å². The number of Topliss-reactive ketones (excluding diaryl/α,β-unsaturated/α-hetero) is 1. The average molecular weight is 378 g/mol. The number of rotatable bonds is 4. The molecule has 2 aromatic rings. The molecule has 3 nitrogen and oxygen atoms in total. The largest absolute Gasteiger partial charge is 0.363 e. The Labute approximate surface area is 155 Å². The molecule has 0 unspecified atom stereocenters. The van der Waals surface area contributed by atoms with E-state index in [0.29, 0.717) is 29.8 Å². The number of nitrogens with zero attached hydrogens (tertiary/aromatic N) is 1. The first-order valence-electron chi connectivity index (χ1n) is 8.63. The first-order chi connectivity index (χ1) is 12.4. The molecule has 1 aliphatic carbocycles. The summed E-state index contributed by atoms with van der Waals surface area (Å²) in [6.07, 6.45) is 2.09. The molecule has 3 atom stereocenters. The van der Waals surface area contributed by atoms with Crippen LogP contribution in [0.5, 0.6) is 0 Å². The molecule has 0 N–H and O–H groups in total. The molecule has 1 aliphatic heterocycles. The van der Waals surface area contributed by atoms with Gasteiger partial charge in [0.15, 0.2) is 11.5 Å². The molecular formula is C20H18ClF2NO2. The number of carbonyl (C=O) groups excluding carboxylic acids is 1. The number of hydrogen-bond donors (Lipinski definition) is 0. The van der Waals surface area contributed by atoms with E-state index in [0.717, 1.165) is 0 Å². The third kappa shape index (κ3) is 2.74. The summed E-state index contributed by atoms with van der Waals surface area (Å²) in [5, 5.41) is 0.245. The van der Waals surface area contributed by atoms with Crippen LogP contribution in [0.3, 0.4) is 0 Å². The minimum absolute atomic E-state index is 0.0238. The highest BCUT2D eigenvalue weighted by molar-refractivity contribution is 6.31. The van der Waals surface area contributed by atoms with Crippen molar-refractivity contribution in [3.8, 4) is 0 Å². The number of fused-ring (bicyclic) bond motifs is 2. The van der Waals surface area contributed by atoms with Crippen LogP contribution >= 0.6 is 11.6 Å². The third-order valence-electron chi connectivity index (χ3n) is 5.46. The number of aromatic nitrogens is 1. The molecule has 0 radical (unpaired) electrons. The zero-order chi connectivity index (χ0) is 18.5. The second kappa shape index (κ2) is 6.10. The Hall–Kier alpha value is -1.85. The minimum Gasteiger partial charge on any atom is -0.363 e. The molecule has 0 amide bonds. The zero-order valence-corrected chi connectivity index (χ0v) is 15.0. The molecule has 136 valence electrons. The van der Waals surface area contributed by atoms with Gasteiger partial charge in [-0.3, -0.25) is 9.78 Å². The first-order valence-corrected chi connectivity index (χ1v) is 9.01. The molecule has 0 saturated carbocycles. The molecule has 1 aromatic heterocycles. The standard InChI is InChI=1S/C20H18ClF2NO2/c1-12(14-5-4-13(22)10-16(14)21)9-17(25)20(23)7-6-19(11-26-19)18-15(20)3-2-8-24-18/h2-5,8,10,12H,6-7,9,11H2,1H3/t12-,19+,20-/m0/s1. The number of ketones is 1. The van der Waals surface area contributed by atoms with E-state index in [9.17, 15) is 9.18 Å². The van der Waals surface area contributed by atoms with Gasteiger partial charge in [-0.05, 0) is 42.5 Å². The van der Waals surface area contributed by atoms with Crippen molar-refractivity contribution in [2.45, 2.75) is 43.4 Å². The topological polar surface area (TPSA) is 42.5 Å². The normalized spacial score (nSPS) is 27.8. The summed E-state index contributed by atoms with van der Waals surface area (Å²) in [5.74, 6) is -1.27. The van der Waals surface area contributed by atoms with Crippen molar-refractivity contribution in [1.29, 1.82) is 0 Å². The summed E-state index contributed by atoms with van der Waals surface area (Å²) >= 11 is 6.08. The number of benzene rings is 1. The fourth-order valence-electron chi connectivity index (χ4n) is 3.82. The highest BCUT2D eigenvalue weighted by atomic mass is 35.5. The van der Waals surface area contributed by atoms with E-state index in [1.165, 1.54) is 12.1 Å². The Bertz CT molecular complexity index is 884. The lowest BCUT2D eigenvalue weighted by Gasteiger charge is -2.33. The van der Waals surface area contributed by atoms with Crippen molar-refractivity contribution in [3.63, 3.8) is 0 Å². The van der Waals surface area contributed by atoms with Gasteiger partial charge in [0.1, 0.15) is 11.4 Å². The van der Waals surface area contributed by atoms with Gasteiger partial charge in [-0.1, -0.05) is 30.7 Å². The number of pyridine rings is 1. The lowest BCUT2D eigenvalue weighted by Crippen LogP contribution is -2.39. The second-order valence-electron chi connectivity index (χ2n) is 7.18. The van der Waals surface area contributed by atoms with Gasteiger partial charge >= 0.3 is 0 Å².